The van der Waals surface area contributed by atoms with Crippen molar-refractivity contribution in [2.24, 2.45) is 5.90 Å². The van der Waals surface area contributed by atoms with Crippen molar-refractivity contribution in [3.63, 3.8) is 0 Å². The Morgan fingerprint density at radius 1 is 1.36 bits per heavy atom. The van der Waals surface area contributed by atoms with Crippen molar-refractivity contribution in [3.05, 3.63) is 0 Å². The number of ether oxygens (including phenoxy) is 1. The number of amides is 1. The monoisotopic (exact) mass is 204 g/mol. The van der Waals surface area contributed by atoms with E-state index in [1.165, 1.54) is 6.92 Å². The fourth-order valence-electron chi connectivity index (χ4n) is 0.645. The van der Waals surface area contributed by atoms with Crippen LogP contribution in [0.4, 0.5) is 4.79 Å². The molecule has 0 aromatic heterocycles. The van der Waals surface area contributed by atoms with Crippen LogP contribution < -0.4 is 11.2 Å². The van der Waals surface area contributed by atoms with Gasteiger partial charge in [0.15, 0.2) is 0 Å². The first-order valence-corrected chi connectivity index (χ1v) is 4.16. The van der Waals surface area contributed by atoms with Gasteiger partial charge in [-0.05, 0) is 27.7 Å². The predicted molar refractivity (Wildman–Crippen MR) is 49.1 cm³/mol. The van der Waals surface area contributed by atoms with Crippen LogP contribution in [0.5, 0.6) is 0 Å². The molecule has 6 nitrogen and oxygen atoms in total. The summed E-state index contributed by atoms with van der Waals surface area (Å²) in [4.78, 5) is 25.8. The zero-order valence-electron chi connectivity index (χ0n) is 8.79. The fourth-order valence-corrected chi connectivity index (χ4v) is 0.645. The number of rotatable bonds is 2. The van der Waals surface area contributed by atoms with Crippen LogP contribution in [-0.2, 0) is 14.4 Å². The van der Waals surface area contributed by atoms with E-state index >= 15 is 0 Å². The van der Waals surface area contributed by atoms with E-state index in [2.05, 4.69) is 16.1 Å². The van der Waals surface area contributed by atoms with Gasteiger partial charge in [-0.2, -0.15) is 5.90 Å². The molecule has 0 aromatic carbocycles. The molecule has 0 aliphatic rings. The van der Waals surface area contributed by atoms with E-state index in [4.69, 9.17) is 4.74 Å². The Morgan fingerprint density at radius 2 is 1.86 bits per heavy atom. The lowest BCUT2D eigenvalue weighted by atomic mass is 10.2. The topological polar surface area (TPSA) is 90.6 Å². The number of hydrogen-bond donors (Lipinski definition) is 2. The number of nitrogens with one attached hydrogen (secondary N) is 1. The Kier molecular flexibility index (Phi) is 4.36. The highest BCUT2D eigenvalue weighted by Gasteiger charge is 2.21. The quantitative estimate of drug-likeness (QED) is 0.632. The standard InChI is InChI=1S/C8H16N2O4/c1-5(6(11)14-9)10-7(12)13-8(2,3)4/h5H,9H2,1-4H3,(H,10,12). The van der Waals surface area contributed by atoms with Gasteiger partial charge in [0.25, 0.3) is 0 Å². The molecule has 0 spiro atoms. The van der Waals surface area contributed by atoms with Gasteiger partial charge >= 0.3 is 12.1 Å². The van der Waals surface area contributed by atoms with Crippen molar-refractivity contribution >= 4 is 12.1 Å². The molecule has 0 rings (SSSR count). The summed E-state index contributed by atoms with van der Waals surface area (Å²) in [5, 5.41) is 2.27. The fraction of sp³-hybridized carbons (Fsp3) is 0.750. The third kappa shape index (κ3) is 5.36. The second kappa shape index (κ2) is 4.80. The number of alkyl carbamates (subject to hydrolysis) is 1. The largest absolute Gasteiger partial charge is 0.444 e. The van der Waals surface area contributed by atoms with Crippen molar-refractivity contribution in [3.8, 4) is 0 Å². The van der Waals surface area contributed by atoms with Gasteiger partial charge < -0.3 is 14.9 Å². The molecule has 3 N–H and O–H groups in total. The SMILES string of the molecule is CC(NC(=O)OC(C)(C)C)C(=O)ON. The van der Waals surface area contributed by atoms with E-state index in [9.17, 15) is 9.59 Å². The molecule has 1 atom stereocenters. The van der Waals surface area contributed by atoms with Crippen LogP contribution in [0.15, 0.2) is 0 Å². The summed E-state index contributed by atoms with van der Waals surface area (Å²) in [5.41, 5.74) is -0.601. The minimum Gasteiger partial charge on any atom is -0.444 e. The molecule has 0 bridgehead atoms. The van der Waals surface area contributed by atoms with Crippen LogP contribution in [0.1, 0.15) is 27.7 Å². The highest BCUT2D eigenvalue weighted by molar-refractivity contribution is 5.80. The van der Waals surface area contributed by atoms with Crippen LogP contribution >= 0.6 is 0 Å². The van der Waals surface area contributed by atoms with E-state index in [0.29, 0.717) is 0 Å². The summed E-state index contributed by atoms with van der Waals surface area (Å²) in [6.07, 6.45) is -0.685. The van der Waals surface area contributed by atoms with Gasteiger partial charge in [-0.15, -0.1) is 0 Å². The molecule has 0 fully saturated rings. The molecule has 82 valence electrons. The second-order valence-electron chi connectivity index (χ2n) is 3.80. The van der Waals surface area contributed by atoms with Gasteiger partial charge in [0.05, 0.1) is 0 Å². The van der Waals surface area contributed by atoms with Gasteiger partial charge in [0.2, 0.25) is 0 Å². The van der Waals surface area contributed by atoms with E-state index in [1.54, 1.807) is 20.8 Å². The third-order valence-corrected chi connectivity index (χ3v) is 1.20. The van der Waals surface area contributed by atoms with Gasteiger partial charge in [0, 0.05) is 0 Å². The molecule has 0 aliphatic heterocycles. The van der Waals surface area contributed by atoms with Gasteiger partial charge in [0.1, 0.15) is 11.6 Å². The number of nitrogens with two attached hydrogens (primary N) is 1. The summed E-state index contributed by atoms with van der Waals surface area (Å²) in [6.45, 7) is 6.61. The van der Waals surface area contributed by atoms with Crippen molar-refractivity contribution in [1.82, 2.24) is 5.32 Å². The highest BCUT2D eigenvalue weighted by atomic mass is 16.7. The summed E-state index contributed by atoms with van der Waals surface area (Å²) >= 11 is 0. The first-order valence-electron chi connectivity index (χ1n) is 4.16. The highest BCUT2D eigenvalue weighted by Crippen LogP contribution is 2.06. The minimum absolute atomic E-state index is 0.601. The molecule has 14 heavy (non-hydrogen) atoms. The lowest BCUT2D eigenvalue weighted by Crippen LogP contribution is -2.43. The number of hydrogen-bond acceptors (Lipinski definition) is 5. The second-order valence-corrected chi connectivity index (χ2v) is 3.80. The number of carbonyl (C=O) groups excluding carboxylic acids is 2. The van der Waals surface area contributed by atoms with E-state index in [-0.39, 0.29) is 0 Å². The van der Waals surface area contributed by atoms with Crippen LogP contribution in [-0.4, -0.2) is 23.7 Å². The molecule has 0 heterocycles. The Bertz CT molecular complexity index is 222. The molecular formula is C8H16N2O4. The lowest BCUT2D eigenvalue weighted by Gasteiger charge is -2.20. The average molecular weight is 204 g/mol. The van der Waals surface area contributed by atoms with Crippen molar-refractivity contribution < 1.29 is 19.2 Å². The molecule has 6 heteroatoms. The maximum absolute atomic E-state index is 11.1. The van der Waals surface area contributed by atoms with Crippen molar-refractivity contribution in [2.45, 2.75) is 39.3 Å². The molecule has 0 saturated heterocycles. The normalized spacial score (nSPS) is 12.9. The first-order chi connectivity index (χ1) is 6.26. The van der Waals surface area contributed by atoms with E-state index in [0.717, 1.165) is 0 Å². The molecule has 0 radical (unpaired) electrons. The minimum atomic E-state index is -0.824. The molecule has 0 aromatic rings. The Labute approximate surface area is 82.7 Å². The van der Waals surface area contributed by atoms with Crippen LogP contribution in [0.25, 0.3) is 0 Å². The zero-order chi connectivity index (χ0) is 11.4. The third-order valence-electron chi connectivity index (χ3n) is 1.20. The summed E-state index contributed by atoms with van der Waals surface area (Å²) < 4.78 is 4.90. The van der Waals surface area contributed by atoms with Crippen molar-refractivity contribution in [1.29, 1.82) is 0 Å². The zero-order valence-corrected chi connectivity index (χ0v) is 8.79. The predicted octanol–water partition coefficient (Wildman–Crippen LogP) is 0.317. The lowest BCUT2D eigenvalue weighted by molar-refractivity contribution is -0.146. The van der Waals surface area contributed by atoms with Gasteiger partial charge in [-0.25, -0.2) is 9.59 Å². The maximum Gasteiger partial charge on any atom is 0.408 e. The molecule has 0 aliphatic carbocycles. The van der Waals surface area contributed by atoms with Gasteiger partial charge in [-0.3, -0.25) is 0 Å². The number of carbonyl (C=O) groups is 2. The smallest absolute Gasteiger partial charge is 0.408 e. The summed E-state index contributed by atoms with van der Waals surface area (Å²) in [6, 6.07) is -0.824. The van der Waals surface area contributed by atoms with E-state index in [1.807, 2.05) is 0 Å². The van der Waals surface area contributed by atoms with Crippen molar-refractivity contribution in [2.75, 3.05) is 0 Å². The summed E-state index contributed by atoms with van der Waals surface area (Å²) in [5.74, 6) is 3.91. The first kappa shape index (κ1) is 12.7. The molecule has 1 unspecified atom stereocenters. The van der Waals surface area contributed by atoms with Crippen LogP contribution in [0, 0.1) is 0 Å². The Balaban J connectivity index is 4.01. The molecule has 0 saturated carbocycles. The van der Waals surface area contributed by atoms with Gasteiger partial charge in [-0.1, -0.05) is 0 Å². The molecule has 1 amide bonds. The Morgan fingerprint density at radius 3 is 2.21 bits per heavy atom. The summed E-state index contributed by atoms with van der Waals surface area (Å²) in [7, 11) is 0. The van der Waals surface area contributed by atoms with E-state index < -0.39 is 23.7 Å². The maximum atomic E-state index is 11.1. The average Bonchev–Trinajstić information content (AvgIpc) is 1.99. The Hall–Kier alpha value is -1.30. The van der Waals surface area contributed by atoms with Crippen LogP contribution in [0.2, 0.25) is 0 Å². The molecular weight excluding hydrogens is 188 g/mol. The van der Waals surface area contributed by atoms with Crippen LogP contribution in [0.3, 0.4) is 0 Å².